The zero-order valence-corrected chi connectivity index (χ0v) is 18.0. The molecule has 31 heavy (non-hydrogen) atoms. The molecule has 0 atom stereocenters. The van der Waals surface area contributed by atoms with Crippen molar-refractivity contribution in [2.24, 2.45) is 5.73 Å². The van der Waals surface area contributed by atoms with Crippen LogP contribution in [0.1, 0.15) is 22.3 Å². The second-order valence-electron chi connectivity index (χ2n) is 8.15. The van der Waals surface area contributed by atoms with E-state index in [4.69, 9.17) is 15.2 Å². The molecule has 0 fully saturated rings. The highest BCUT2D eigenvalue weighted by atomic mass is 16.5. The third-order valence-corrected chi connectivity index (χ3v) is 5.85. The summed E-state index contributed by atoms with van der Waals surface area (Å²) in [7, 11) is 1.62. The Labute approximate surface area is 183 Å². The number of methoxy groups -OCH3 is 1. The molecule has 0 spiro atoms. The maximum atomic E-state index is 12.5. The number of anilines is 1. The minimum absolute atomic E-state index is 0.360. The van der Waals surface area contributed by atoms with Crippen LogP contribution in [-0.4, -0.2) is 25.2 Å². The number of benzene rings is 3. The number of ether oxygens (including phenoxy) is 2. The highest BCUT2D eigenvalue weighted by molar-refractivity contribution is 5.90. The summed E-state index contributed by atoms with van der Waals surface area (Å²) in [6, 6.07) is 22.1. The molecule has 5 heteroatoms. The summed E-state index contributed by atoms with van der Waals surface area (Å²) < 4.78 is 11.5. The number of hydrogen-bond donors (Lipinski definition) is 2. The number of rotatable bonds is 8. The number of aryl methyl sites for hydroxylation is 1. The van der Waals surface area contributed by atoms with E-state index in [0.29, 0.717) is 30.9 Å². The van der Waals surface area contributed by atoms with Crippen molar-refractivity contribution in [2.45, 2.75) is 31.7 Å². The normalized spacial score (nSPS) is 14.0. The zero-order valence-electron chi connectivity index (χ0n) is 18.0. The summed E-state index contributed by atoms with van der Waals surface area (Å²) >= 11 is 0. The molecule has 3 aromatic carbocycles. The van der Waals surface area contributed by atoms with Crippen molar-refractivity contribution < 1.29 is 14.3 Å². The van der Waals surface area contributed by atoms with Crippen molar-refractivity contribution in [1.29, 1.82) is 0 Å². The zero-order chi connectivity index (χ0) is 21.8. The topological polar surface area (TPSA) is 73.6 Å². The molecule has 5 nitrogen and oxygen atoms in total. The van der Waals surface area contributed by atoms with Gasteiger partial charge in [-0.2, -0.15) is 0 Å². The maximum absolute atomic E-state index is 12.5. The molecule has 0 saturated carbocycles. The Balaban J connectivity index is 1.50. The first-order valence-electron chi connectivity index (χ1n) is 10.5. The van der Waals surface area contributed by atoms with E-state index in [1.807, 2.05) is 30.3 Å². The number of primary amides is 1. The van der Waals surface area contributed by atoms with Gasteiger partial charge in [-0.05, 0) is 35.7 Å². The fraction of sp³-hybridized carbons (Fsp3) is 0.269. The van der Waals surface area contributed by atoms with Crippen molar-refractivity contribution in [1.82, 2.24) is 0 Å². The van der Waals surface area contributed by atoms with Crippen molar-refractivity contribution in [2.75, 3.05) is 19.0 Å². The van der Waals surface area contributed by atoms with Crippen LogP contribution in [0.15, 0.2) is 66.7 Å². The molecule has 1 aliphatic rings. The number of amides is 1. The van der Waals surface area contributed by atoms with E-state index in [1.165, 1.54) is 11.1 Å². The van der Waals surface area contributed by atoms with Gasteiger partial charge in [-0.3, -0.25) is 4.79 Å². The summed E-state index contributed by atoms with van der Waals surface area (Å²) in [5, 5.41) is 3.40. The van der Waals surface area contributed by atoms with E-state index in [2.05, 4.69) is 48.6 Å². The Morgan fingerprint density at radius 3 is 2.39 bits per heavy atom. The van der Waals surface area contributed by atoms with E-state index in [1.54, 1.807) is 7.11 Å². The lowest BCUT2D eigenvalue weighted by Crippen LogP contribution is -2.51. The van der Waals surface area contributed by atoms with E-state index in [9.17, 15) is 4.79 Å². The number of hydrogen-bond acceptors (Lipinski definition) is 4. The van der Waals surface area contributed by atoms with Gasteiger partial charge in [0.15, 0.2) is 11.5 Å². The summed E-state index contributed by atoms with van der Waals surface area (Å²) in [6.07, 6.45) is 1.92. The fourth-order valence-electron chi connectivity index (χ4n) is 4.23. The molecule has 0 heterocycles. The van der Waals surface area contributed by atoms with Crippen molar-refractivity contribution in [3.63, 3.8) is 0 Å². The van der Waals surface area contributed by atoms with E-state index in [-0.39, 0.29) is 5.91 Å². The lowest BCUT2D eigenvalue weighted by molar-refractivity contribution is -0.122. The predicted molar refractivity (Wildman–Crippen MR) is 123 cm³/mol. The maximum Gasteiger partial charge on any atom is 0.243 e. The fourth-order valence-corrected chi connectivity index (χ4v) is 4.23. The molecule has 0 unspecified atom stereocenters. The largest absolute Gasteiger partial charge is 0.493 e. The van der Waals surface area contributed by atoms with Crippen LogP contribution in [0.4, 0.5) is 5.69 Å². The molecule has 0 bridgehead atoms. The lowest BCUT2D eigenvalue weighted by Gasteiger charge is -2.28. The van der Waals surface area contributed by atoms with Gasteiger partial charge in [0.1, 0.15) is 5.54 Å². The Morgan fingerprint density at radius 1 is 1.00 bits per heavy atom. The monoisotopic (exact) mass is 416 g/mol. The van der Waals surface area contributed by atoms with E-state index >= 15 is 0 Å². The Morgan fingerprint density at radius 2 is 1.74 bits per heavy atom. The SMILES string of the molecule is COc1ccc(NC2(C(N)=O)Cc3ccccc3C2)cc1OCCc1cccc(C)c1. The molecule has 4 rings (SSSR count). The first-order chi connectivity index (χ1) is 15.0. The van der Waals surface area contributed by atoms with Crippen molar-refractivity contribution in [3.05, 3.63) is 89.0 Å². The molecule has 0 aromatic heterocycles. The van der Waals surface area contributed by atoms with Crippen LogP contribution in [0.5, 0.6) is 11.5 Å². The van der Waals surface area contributed by atoms with Crippen molar-refractivity contribution in [3.8, 4) is 11.5 Å². The third kappa shape index (κ3) is 4.50. The van der Waals surface area contributed by atoms with Gasteiger partial charge >= 0.3 is 0 Å². The average Bonchev–Trinajstić information content (AvgIpc) is 3.13. The van der Waals surface area contributed by atoms with Gasteiger partial charge in [0.2, 0.25) is 5.91 Å². The quantitative estimate of drug-likeness (QED) is 0.581. The highest BCUT2D eigenvalue weighted by Crippen LogP contribution is 2.36. The summed E-state index contributed by atoms with van der Waals surface area (Å²) in [6.45, 7) is 2.61. The number of nitrogens with two attached hydrogens (primary N) is 1. The summed E-state index contributed by atoms with van der Waals surface area (Å²) in [5.74, 6) is 0.925. The van der Waals surface area contributed by atoms with Crippen LogP contribution < -0.4 is 20.5 Å². The van der Waals surface area contributed by atoms with E-state index < -0.39 is 5.54 Å². The van der Waals surface area contributed by atoms with Crippen LogP contribution in [0.2, 0.25) is 0 Å². The van der Waals surface area contributed by atoms with Gasteiger partial charge in [0.25, 0.3) is 0 Å². The Bertz CT molecular complexity index is 1070. The number of nitrogens with one attached hydrogen (secondary N) is 1. The molecule has 3 aromatic rings. The molecule has 1 amide bonds. The third-order valence-electron chi connectivity index (χ3n) is 5.85. The lowest BCUT2D eigenvalue weighted by atomic mass is 9.94. The first-order valence-corrected chi connectivity index (χ1v) is 10.5. The number of fused-ring (bicyclic) bond motifs is 1. The second-order valence-corrected chi connectivity index (χ2v) is 8.15. The van der Waals surface area contributed by atoms with Gasteiger partial charge < -0.3 is 20.5 Å². The van der Waals surface area contributed by atoms with Crippen LogP contribution >= 0.6 is 0 Å². The molecule has 0 saturated heterocycles. The second kappa shape index (κ2) is 8.72. The van der Waals surface area contributed by atoms with Crippen molar-refractivity contribution >= 4 is 11.6 Å². The number of carbonyl (C=O) groups excluding carboxylic acids is 1. The van der Waals surface area contributed by atoms with Gasteiger partial charge in [0, 0.05) is 31.0 Å². The highest BCUT2D eigenvalue weighted by Gasteiger charge is 2.42. The van der Waals surface area contributed by atoms with Crippen LogP contribution in [-0.2, 0) is 24.1 Å². The molecule has 0 aliphatic heterocycles. The van der Waals surface area contributed by atoms with Gasteiger partial charge in [-0.15, -0.1) is 0 Å². The smallest absolute Gasteiger partial charge is 0.243 e. The standard InChI is InChI=1S/C26H28N2O3/c1-18-6-5-7-19(14-18)12-13-31-24-15-22(10-11-23(24)30-2)28-26(25(27)29)16-20-8-3-4-9-21(20)17-26/h3-11,14-15,28H,12-13,16-17H2,1-2H3,(H2,27,29). The molecular formula is C26H28N2O3. The molecule has 160 valence electrons. The molecular weight excluding hydrogens is 388 g/mol. The summed E-state index contributed by atoms with van der Waals surface area (Å²) in [5.41, 5.74) is 10.5. The summed E-state index contributed by atoms with van der Waals surface area (Å²) in [4.78, 5) is 12.5. The first kappa shape index (κ1) is 20.8. The number of carbonyl (C=O) groups is 1. The van der Waals surface area contributed by atoms with Gasteiger partial charge in [-0.1, -0.05) is 54.1 Å². The van der Waals surface area contributed by atoms with Crippen LogP contribution in [0.3, 0.4) is 0 Å². The molecule has 1 aliphatic carbocycles. The van der Waals surface area contributed by atoms with Crippen LogP contribution in [0, 0.1) is 6.92 Å². The predicted octanol–water partition coefficient (Wildman–Crippen LogP) is 4.06. The minimum Gasteiger partial charge on any atom is -0.493 e. The van der Waals surface area contributed by atoms with Gasteiger partial charge in [-0.25, -0.2) is 0 Å². The Hall–Kier alpha value is -3.47. The Kier molecular flexibility index (Phi) is 5.85. The minimum atomic E-state index is -0.850. The van der Waals surface area contributed by atoms with Crippen LogP contribution in [0.25, 0.3) is 0 Å². The van der Waals surface area contributed by atoms with Gasteiger partial charge in [0.05, 0.1) is 13.7 Å². The molecule has 0 radical (unpaired) electrons. The average molecular weight is 417 g/mol. The molecule has 3 N–H and O–H groups in total. The van der Waals surface area contributed by atoms with E-state index in [0.717, 1.165) is 23.2 Å².